The molecule has 8 heteroatoms. The highest BCUT2D eigenvalue weighted by atomic mass is 32.2. The van der Waals surface area contributed by atoms with E-state index >= 15 is 0 Å². The fourth-order valence-corrected chi connectivity index (χ4v) is 5.59. The highest BCUT2D eigenvalue weighted by molar-refractivity contribution is 7.92. The van der Waals surface area contributed by atoms with Gasteiger partial charge < -0.3 is 10.2 Å². The van der Waals surface area contributed by atoms with Crippen LogP contribution in [-0.4, -0.2) is 43.8 Å². The van der Waals surface area contributed by atoms with Crippen LogP contribution in [0.4, 0.5) is 5.69 Å². The van der Waals surface area contributed by atoms with E-state index in [4.69, 9.17) is 0 Å². The first-order valence-corrected chi connectivity index (χ1v) is 15.1. The van der Waals surface area contributed by atoms with Crippen molar-refractivity contribution in [2.45, 2.75) is 78.4 Å². The van der Waals surface area contributed by atoms with Crippen LogP contribution in [0.15, 0.2) is 71.6 Å². The molecule has 40 heavy (non-hydrogen) atoms. The van der Waals surface area contributed by atoms with E-state index in [0.29, 0.717) is 5.69 Å². The first-order chi connectivity index (χ1) is 18.8. The van der Waals surface area contributed by atoms with Crippen LogP contribution in [-0.2, 0) is 26.2 Å². The quantitative estimate of drug-likeness (QED) is 0.336. The lowest BCUT2D eigenvalue weighted by Crippen LogP contribution is -2.52. The van der Waals surface area contributed by atoms with Crippen molar-refractivity contribution in [1.29, 1.82) is 0 Å². The predicted octanol–water partition coefficient (Wildman–Crippen LogP) is 5.45. The number of hydrogen-bond acceptors (Lipinski definition) is 4. The second-order valence-corrected chi connectivity index (χ2v) is 12.5. The Balaban J connectivity index is 2.04. The monoisotopic (exact) mass is 563 g/mol. The van der Waals surface area contributed by atoms with Crippen LogP contribution in [0.1, 0.15) is 55.0 Å². The highest BCUT2D eigenvalue weighted by Gasteiger charge is 2.33. The van der Waals surface area contributed by atoms with Gasteiger partial charge in [0.1, 0.15) is 12.6 Å². The Hall–Kier alpha value is -3.65. The molecule has 0 bridgehead atoms. The molecule has 0 aliphatic carbocycles. The van der Waals surface area contributed by atoms with Crippen LogP contribution in [0.5, 0.6) is 0 Å². The third kappa shape index (κ3) is 7.50. The molecule has 0 aromatic heterocycles. The van der Waals surface area contributed by atoms with Crippen LogP contribution < -0.4 is 9.62 Å². The number of carbonyl (C=O) groups excluding carboxylic acids is 2. The maximum atomic E-state index is 14.0. The third-order valence-corrected chi connectivity index (χ3v) is 9.10. The largest absolute Gasteiger partial charge is 0.352 e. The number of rotatable bonds is 11. The van der Waals surface area contributed by atoms with E-state index in [-0.39, 0.29) is 23.4 Å². The summed E-state index contributed by atoms with van der Waals surface area (Å²) in [6, 6.07) is 18.8. The SMILES string of the molecule is CC[C@H](C)NC(=O)[C@@H](C)N(Cc1ccc(C)cc1)C(=O)CN(c1ccc(C)c(C)c1)S(=O)(=O)c1ccc(C)cc1. The minimum atomic E-state index is -4.09. The van der Waals surface area contributed by atoms with Gasteiger partial charge in [-0.3, -0.25) is 13.9 Å². The van der Waals surface area contributed by atoms with Crippen LogP contribution in [0.25, 0.3) is 0 Å². The molecule has 0 unspecified atom stereocenters. The number of hydrogen-bond donors (Lipinski definition) is 1. The van der Waals surface area contributed by atoms with Gasteiger partial charge in [-0.15, -0.1) is 0 Å². The zero-order valence-corrected chi connectivity index (χ0v) is 25.4. The Morgan fingerprint density at radius 2 is 1.40 bits per heavy atom. The molecule has 0 radical (unpaired) electrons. The standard InChI is InChI=1S/C32H41N3O4S/c1-8-26(6)33-32(37)27(7)34(20-28-14-9-22(2)10-15-28)31(36)21-35(29-16-13-24(4)25(5)19-29)40(38,39)30-17-11-23(3)12-18-30/h9-19,26-27H,8,20-21H2,1-7H3,(H,33,37)/t26-,27+/m0/s1. The van der Waals surface area contributed by atoms with Crippen molar-refractivity contribution in [3.8, 4) is 0 Å². The summed E-state index contributed by atoms with van der Waals surface area (Å²) in [5, 5.41) is 2.95. The minimum Gasteiger partial charge on any atom is -0.352 e. The molecule has 0 spiro atoms. The van der Waals surface area contributed by atoms with Crippen molar-refractivity contribution in [3.63, 3.8) is 0 Å². The molecule has 2 atom stereocenters. The summed E-state index contributed by atoms with van der Waals surface area (Å²) in [6.07, 6.45) is 0.750. The molecule has 1 N–H and O–H groups in total. The molecule has 7 nitrogen and oxygen atoms in total. The molecule has 0 aliphatic heterocycles. The normalized spacial score (nSPS) is 12.9. The molecule has 0 aliphatic rings. The van der Waals surface area contributed by atoms with Crippen molar-refractivity contribution >= 4 is 27.5 Å². The number of sulfonamides is 1. The molecule has 3 aromatic carbocycles. The van der Waals surface area contributed by atoms with E-state index in [9.17, 15) is 18.0 Å². The molecule has 214 valence electrons. The molecule has 0 saturated carbocycles. The lowest BCUT2D eigenvalue weighted by molar-refractivity contribution is -0.139. The summed E-state index contributed by atoms with van der Waals surface area (Å²) < 4.78 is 29.1. The Kier molecular flexibility index (Phi) is 10.1. The van der Waals surface area contributed by atoms with Gasteiger partial charge >= 0.3 is 0 Å². The highest BCUT2D eigenvalue weighted by Crippen LogP contribution is 2.27. The number of anilines is 1. The number of amides is 2. The van der Waals surface area contributed by atoms with Gasteiger partial charge in [0.05, 0.1) is 10.6 Å². The van der Waals surface area contributed by atoms with E-state index in [2.05, 4.69) is 5.32 Å². The first kappa shape index (κ1) is 30.9. The summed E-state index contributed by atoms with van der Waals surface area (Å²) in [4.78, 5) is 28.7. The molecule has 3 aromatic rings. The van der Waals surface area contributed by atoms with Gasteiger partial charge in [0.25, 0.3) is 10.0 Å². The summed E-state index contributed by atoms with van der Waals surface area (Å²) in [5.74, 6) is -0.754. The number of aryl methyl sites for hydroxylation is 4. The van der Waals surface area contributed by atoms with Crippen molar-refractivity contribution in [2.24, 2.45) is 0 Å². The summed E-state index contributed by atoms with van der Waals surface area (Å²) in [6.45, 7) is 13.0. The summed E-state index contributed by atoms with van der Waals surface area (Å²) in [5.41, 5.74) is 5.17. The van der Waals surface area contributed by atoms with Crippen molar-refractivity contribution in [2.75, 3.05) is 10.8 Å². The number of benzene rings is 3. The van der Waals surface area contributed by atoms with Gasteiger partial charge in [0.2, 0.25) is 11.8 Å². The van der Waals surface area contributed by atoms with Crippen molar-refractivity contribution in [1.82, 2.24) is 10.2 Å². The Labute approximate surface area is 239 Å². The Morgan fingerprint density at radius 1 is 0.825 bits per heavy atom. The third-order valence-electron chi connectivity index (χ3n) is 7.31. The molecule has 0 fully saturated rings. The lowest BCUT2D eigenvalue weighted by atomic mass is 10.1. The zero-order valence-electron chi connectivity index (χ0n) is 24.6. The average Bonchev–Trinajstić information content (AvgIpc) is 2.92. The fraction of sp³-hybridized carbons (Fsp3) is 0.375. The van der Waals surface area contributed by atoms with Gasteiger partial charge in [0.15, 0.2) is 0 Å². The van der Waals surface area contributed by atoms with E-state index < -0.39 is 28.5 Å². The average molecular weight is 564 g/mol. The van der Waals surface area contributed by atoms with E-state index in [1.165, 1.54) is 4.90 Å². The van der Waals surface area contributed by atoms with Gasteiger partial charge in [0, 0.05) is 12.6 Å². The van der Waals surface area contributed by atoms with Crippen molar-refractivity contribution in [3.05, 3.63) is 94.5 Å². The predicted molar refractivity (Wildman–Crippen MR) is 161 cm³/mol. The van der Waals surface area contributed by atoms with Crippen molar-refractivity contribution < 1.29 is 18.0 Å². The van der Waals surface area contributed by atoms with E-state index in [0.717, 1.165) is 38.5 Å². The summed E-state index contributed by atoms with van der Waals surface area (Å²) in [7, 11) is -4.09. The van der Waals surface area contributed by atoms with Gasteiger partial charge in [-0.25, -0.2) is 8.42 Å². The van der Waals surface area contributed by atoms with E-state index in [1.54, 1.807) is 43.3 Å². The van der Waals surface area contributed by atoms with Crippen LogP contribution in [0.2, 0.25) is 0 Å². The summed E-state index contributed by atoms with van der Waals surface area (Å²) >= 11 is 0. The minimum absolute atomic E-state index is 0.0553. The molecular weight excluding hydrogens is 522 g/mol. The molecule has 0 heterocycles. The zero-order chi connectivity index (χ0) is 29.6. The maximum Gasteiger partial charge on any atom is 0.264 e. The maximum absolute atomic E-state index is 14.0. The smallest absolute Gasteiger partial charge is 0.264 e. The molecule has 2 amide bonds. The Morgan fingerprint density at radius 3 is 1.95 bits per heavy atom. The topological polar surface area (TPSA) is 86.8 Å². The molecule has 3 rings (SSSR count). The van der Waals surface area contributed by atoms with E-state index in [1.807, 2.05) is 71.9 Å². The number of nitrogens with one attached hydrogen (secondary N) is 1. The van der Waals surface area contributed by atoms with Crippen LogP contribution in [0, 0.1) is 27.7 Å². The second kappa shape index (κ2) is 13.1. The van der Waals surface area contributed by atoms with Gasteiger partial charge in [-0.2, -0.15) is 0 Å². The number of carbonyl (C=O) groups is 2. The second-order valence-electron chi connectivity index (χ2n) is 10.6. The lowest BCUT2D eigenvalue weighted by Gasteiger charge is -2.32. The number of nitrogens with zero attached hydrogens (tertiary/aromatic N) is 2. The molecule has 0 saturated heterocycles. The van der Waals surface area contributed by atoms with Crippen LogP contribution >= 0.6 is 0 Å². The van der Waals surface area contributed by atoms with Gasteiger partial charge in [-0.1, -0.05) is 60.5 Å². The fourth-order valence-electron chi connectivity index (χ4n) is 4.19. The van der Waals surface area contributed by atoms with Crippen LogP contribution in [0.3, 0.4) is 0 Å². The van der Waals surface area contributed by atoms with Gasteiger partial charge in [-0.05, 0) is 88.9 Å². The molecular formula is C32H41N3O4S. The first-order valence-electron chi connectivity index (χ1n) is 13.7. The Bertz CT molecular complexity index is 1430.